The van der Waals surface area contributed by atoms with Crippen LogP contribution in [-0.4, -0.2) is 46.1 Å². The standard InChI is InChI=1S/C20H22N4O3S2/c1-12-18(28-3)29-19(21-12)22-15(25)9-11-23-17(27)13-6-4-5-7-14(13)24-16(26)8-10-20(23,24)2/h4-7H,8-11H2,1-3H3,(H,21,22,25)/t20-/m1/s1. The second-order valence-corrected chi connectivity index (χ2v) is 9.39. The van der Waals surface area contributed by atoms with E-state index in [9.17, 15) is 14.4 Å². The van der Waals surface area contributed by atoms with Crippen molar-refractivity contribution in [1.29, 1.82) is 0 Å². The van der Waals surface area contributed by atoms with Crippen molar-refractivity contribution in [3.63, 3.8) is 0 Å². The van der Waals surface area contributed by atoms with Gasteiger partial charge in [-0.3, -0.25) is 19.3 Å². The molecule has 7 nitrogen and oxygen atoms in total. The van der Waals surface area contributed by atoms with Gasteiger partial charge in [0.05, 0.1) is 21.2 Å². The molecule has 2 aliphatic rings. The van der Waals surface area contributed by atoms with E-state index in [-0.39, 0.29) is 30.7 Å². The number of aromatic nitrogens is 1. The van der Waals surface area contributed by atoms with E-state index in [0.29, 0.717) is 29.2 Å². The Morgan fingerprint density at radius 2 is 2.10 bits per heavy atom. The number of thiazole rings is 1. The quantitative estimate of drug-likeness (QED) is 0.734. The van der Waals surface area contributed by atoms with Gasteiger partial charge < -0.3 is 10.2 Å². The second-order valence-electron chi connectivity index (χ2n) is 7.31. The van der Waals surface area contributed by atoms with Crippen LogP contribution in [0.1, 0.15) is 42.2 Å². The zero-order chi connectivity index (χ0) is 20.8. The Kier molecular flexibility index (Phi) is 5.12. The highest BCUT2D eigenvalue weighted by molar-refractivity contribution is 8.00. The summed E-state index contributed by atoms with van der Waals surface area (Å²) in [6, 6.07) is 7.17. The van der Waals surface area contributed by atoms with Gasteiger partial charge in [-0.1, -0.05) is 23.5 Å². The molecular formula is C20H22N4O3S2. The van der Waals surface area contributed by atoms with Gasteiger partial charge in [0.25, 0.3) is 5.91 Å². The van der Waals surface area contributed by atoms with Crippen LogP contribution in [0.4, 0.5) is 10.8 Å². The van der Waals surface area contributed by atoms with Crippen LogP contribution in [0.2, 0.25) is 0 Å². The van der Waals surface area contributed by atoms with Gasteiger partial charge in [0.1, 0.15) is 5.66 Å². The summed E-state index contributed by atoms with van der Waals surface area (Å²) in [6.07, 6.45) is 3.05. The van der Waals surface area contributed by atoms with E-state index in [2.05, 4.69) is 10.3 Å². The summed E-state index contributed by atoms with van der Waals surface area (Å²) in [5, 5.41) is 3.39. The number of nitrogens with one attached hydrogen (secondary N) is 1. The second kappa shape index (κ2) is 7.46. The number of thioether (sulfide) groups is 1. The fourth-order valence-corrected chi connectivity index (χ4v) is 5.69. The highest BCUT2D eigenvalue weighted by Gasteiger charge is 2.52. The minimum atomic E-state index is -0.743. The van der Waals surface area contributed by atoms with Crippen molar-refractivity contribution in [2.24, 2.45) is 0 Å². The van der Waals surface area contributed by atoms with Crippen LogP contribution >= 0.6 is 23.1 Å². The SMILES string of the molecule is CSc1sc(NC(=O)CCN2C(=O)c3ccccc3N3C(=O)CC[C@]23C)nc1C. The Hall–Kier alpha value is -2.39. The Balaban J connectivity index is 1.53. The lowest BCUT2D eigenvalue weighted by Crippen LogP contribution is -2.62. The smallest absolute Gasteiger partial charge is 0.257 e. The first-order valence-electron chi connectivity index (χ1n) is 9.40. The maximum absolute atomic E-state index is 13.2. The van der Waals surface area contributed by atoms with Crippen LogP contribution in [0.5, 0.6) is 0 Å². The third-order valence-electron chi connectivity index (χ3n) is 5.49. The minimum absolute atomic E-state index is 0.00440. The topological polar surface area (TPSA) is 82.6 Å². The molecule has 0 saturated carbocycles. The monoisotopic (exact) mass is 430 g/mol. The van der Waals surface area contributed by atoms with E-state index in [0.717, 1.165) is 9.90 Å². The van der Waals surface area contributed by atoms with Gasteiger partial charge in [0.2, 0.25) is 11.8 Å². The molecule has 29 heavy (non-hydrogen) atoms. The number of amides is 3. The first-order chi connectivity index (χ1) is 13.8. The Morgan fingerprint density at radius 3 is 2.83 bits per heavy atom. The highest BCUT2D eigenvalue weighted by Crippen LogP contribution is 2.44. The molecule has 0 aliphatic carbocycles. The van der Waals surface area contributed by atoms with Crippen LogP contribution in [0.3, 0.4) is 0 Å². The molecule has 4 rings (SSSR count). The van der Waals surface area contributed by atoms with Gasteiger partial charge in [-0.2, -0.15) is 0 Å². The van der Waals surface area contributed by atoms with E-state index in [1.54, 1.807) is 33.7 Å². The summed E-state index contributed by atoms with van der Waals surface area (Å²) in [7, 11) is 0. The molecule has 2 aromatic rings. The van der Waals surface area contributed by atoms with Gasteiger partial charge in [0.15, 0.2) is 5.13 Å². The zero-order valence-electron chi connectivity index (χ0n) is 16.5. The Labute approximate surface area is 177 Å². The van der Waals surface area contributed by atoms with E-state index in [1.165, 1.54) is 11.3 Å². The lowest BCUT2D eigenvalue weighted by Gasteiger charge is -2.48. The van der Waals surface area contributed by atoms with Crippen molar-refractivity contribution in [3.05, 3.63) is 35.5 Å². The number of anilines is 2. The van der Waals surface area contributed by atoms with Crippen LogP contribution in [0.25, 0.3) is 0 Å². The number of carbonyl (C=O) groups excluding carboxylic acids is 3. The van der Waals surface area contributed by atoms with Crippen molar-refractivity contribution in [2.45, 2.75) is 43.0 Å². The van der Waals surface area contributed by atoms with Gasteiger partial charge in [0, 0.05) is 19.4 Å². The molecule has 1 N–H and O–H groups in total. The number of fused-ring (bicyclic) bond motifs is 3. The first kappa shape index (κ1) is 19.9. The van der Waals surface area contributed by atoms with Crippen LogP contribution in [-0.2, 0) is 9.59 Å². The van der Waals surface area contributed by atoms with Gasteiger partial charge in [-0.05, 0) is 38.7 Å². The molecule has 2 aliphatic heterocycles. The van der Waals surface area contributed by atoms with Crippen molar-refractivity contribution in [1.82, 2.24) is 9.88 Å². The molecule has 0 radical (unpaired) electrons. The number of para-hydroxylation sites is 1. The van der Waals surface area contributed by atoms with Gasteiger partial charge in [-0.25, -0.2) is 4.98 Å². The van der Waals surface area contributed by atoms with Gasteiger partial charge in [-0.15, -0.1) is 11.8 Å². The van der Waals surface area contributed by atoms with E-state index in [4.69, 9.17) is 0 Å². The lowest BCUT2D eigenvalue weighted by molar-refractivity contribution is -0.117. The molecule has 1 atom stereocenters. The summed E-state index contributed by atoms with van der Waals surface area (Å²) in [4.78, 5) is 46.0. The van der Waals surface area contributed by atoms with Crippen molar-refractivity contribution in [2.75, 3.05) is 23.0 Å². The number of nitrogens with zero attached hydrogens (tertiary/aromatic N) is 3. The molecule has 1 saturated heterocycles. The number of benzene rings is 1. The van der Waals surface area contributed by atoms with Gasteiger partial charge >= 0.3 is 0 Å². The minimum Gasteiger partial charge on any atom is -0.315 e. The fourth-order valence-electron chi connectivity index (χ4n) is 4.06. The van der Waals surface area contributed by atoms with Crippen molar-refractivity contribution >= 4 is 51.6 Å². The zero-order valence-corrected chi connectivity index (χ0v) is 18.2. The highest BCUT2D eigenvalue weighted by atomic mass is 32.2. The molecule has 1 aromatic carbocycles. The molecule has 152 valence electrons. The Bertz CT molecular complexity index is 1010. The summed E-state index contributed by atoms with van der Waals surface area (Å²) >= 11 is 3.04. The summed E-state index contributed by atoms with van der Waals surface area (Å²) < 4.78 is 1.07. The Morgan fingerprint density at radius 1 is 1.34 bits per heavy atom. The first-order valence-corrected chi connectivity index (χ1v) is 11.4. The molecular weight excluding hydrogens is 408 g/mol. The van der Waals surface area contributed by atoms with Crippen molar-refractivity contribution in [3.8, 4) is 0 Å². The maximum Gasteiger partial charge on any atom is 0.257 e. The predicted molar refractivity (Wildman–Crippen MR) is 114 cm³/mol. The molecule has 1 fully saturated rings. The number of rotatable bonds is 5. The number of hydrogen-bond donors (Lipinski definition) is 1. The molecule has 0 bridgehead atoms. The van der Waals surface area contributed by atoms with E-state index >= 15 is 0 Å². The number of aryl methyl sites for hydroxylation is 1. The van der Waals surface area contributed by atoms with Crippen molar-refractivity contribution < 1.29 is 14.4 Å². The summed E-state index contributed by atoms with van der Waals surface area (Å²) in [6.45, 7) is 4.05. The summed E-state index contributed by atoms with van der Waals surface area (Å²) in [5.41, 5.74) is 1.31. The number of hydrogen-bond acceptors (Lipinski definition) is 6. The molecule has 0 unspecified atom stereocenters. The predicted octanol–water partition coefficient (Wildman–Crippen LogP) is 3.50. The third kappa shape index (κ3) is 3.32. The normalized spacial score (nSPS) is 20.7. The average Bonchev–Trinajstić information content (AvgIpc) is 3.20. The van der Waals surface area contributed by atoms with Crippen LogP contribution < -0.4 is 10.2 Å². The summed E-state index contributed by atoms with van der Waals surface area (Å²) in [5.74, 6) is -0.334. The van der Waals surface area contributed by atoms with E-state index < -0.39 is 5.66 Å². The molecule has 1 aromatic heterocycles. The maximum atomic E-state index is 13.2. The molecule has 3 heterocycles. The largest absolute Gasteiger partial charge is 0.315 e. The van der Waals surface area contributed by atoms with Crippen LogP contribution in [0, 0.1) is 6.92 Å². The molecule has 0 spiro atoms. The van der Waals surface area contributed by atoms with E-state index in [1.807, 2.05) is 32.2 Å². The average molecular weight is 431 g/mol. The number of carbonyl (C=O) groups is 3. The third-order valence-corrected chi connectivity index (χ3v) is 7.78. The molecule has 9 heteroatoms. The van der Waals surface area contributed by atoms with Crippen LogP contribution in [0.15, 0.2) is 28.5 Å². The lowest BCUT2D eigenvalue weighted by atomic mass is 9.98. The molecule has 3 amide bonds. The fraction of sp³-hybridized carbons (Fsp3) is 0.400.